The highest BCUT2D eigenvalue weighted by atomic mass is 31.2. The van der Waals surface area contributed by atoms with Gasteiger partial charge in [-0.2, -0.15) is 0 Å². The molecule has 0 amide bonds. The standard InChI is InChI=1S/C20H37O5P/c1-2-3-4-5-6-7-8-9-10-11-12-13-14-15-20(21)24-18-19-16-17-26(22,23)25-19/h7-8,19H,2-6,9-18H2,1H3,(H,22,23)/b8-7-. The van der Waals surface area contributed by atoms with E-state index < -0.39 is 13.7 Å². The van der Waals surface area contributed by atoms with Crippen LogP contribution in [0.2, 0.25) is 0 Å². The first-order chi connectivity index (χ1) is 12.5. The van der Waals surface area contributed by atoms with E-state index in [4.69, 9.17) is 9.26 Å². The number of carbonyl (C=O) groups excluding carboxylic acids is 1. The van der Waals surface area contributed by atoms with Crippen LogP contribution in [0.5, 0.6) is 0 Å². The SMILES string of the molecule is CCCCCC/C=C\CCCCCCCC(=O)OCC1CCP(=O)(O)O1. The first kappa shape index (κ1) is 23.4. The van der Waals surface area contributed by atoms with Gasteiger partial charge in [0.15, 0.2) is 0 Å². The minimum absolute atomic E-state index is 0.0914. The average Bonchev–Trinajstić information content (AvgIpc) is 2.96. The number of hydrogen-bond donors (Lipinski definition) is 1. The Balaban J connectivity index is 1.84. The number of rotatable bonds is 15. The Morgan fingerprint density at radius 2 is 1.69 bits per heavy atom. The maximum atomic E-state index is 11.6. The average molecular weight is 388 g/mol. The van der Waals surface area contributed by atoms with Gasteiger partial charge in [0.2, 0.25) is 0 Å². The van der Waals surface area contributed by atoms with Crippen molar-refractivity contribution >= 4 is 13.6 Å². The fourth-order valence-corrected chi connectivity index (χ4v) is 4.36. The van der Waals surface area contributed by atoms with Crippen molar-refractivity contribution in [2.24, 2.45) is 0 Å². The molecule has 0 aromatic rings. The second-order valence-corrected chi connectivity index (χ2v) is 9.12. The third-order valence-electron chi connectivity index (χ3n) is 4.62. The molecule has 1 rings (SSSR count). The van der Waals surface area contributed by atoms with Crippen LogP contribution in [0.15, 0.2) is 12.2 Å². The zero-order valence-corrected chi connectivity index (χ0v) is 17.3. The van der Waals surface area contributed by atoms with E-state index in [1.807, 2.05) is 0 Å². The lowest BCUT2D eigenvalue weighted by Crippen LogP contribution is -2.17. The molecule has 5 nitrogen and oxygen atoms in total. The Bertz CT molecular complexity index is 449. The molecule has 6 heteroatoms. The summed E-state index contributed by atoms with van der Waals surface area (Å²) < 4.78 is 21.3. The molecule has 1 saturated heterocycles. The van der Waals surface area contributed by atoms with Crippen molar-refractivity contribution in [3.8, 4) is 0 Å². The molecule has 0 saturated carbocycles. The molecule has 0 spiro atoms. The predicted octanol–water partition coefficient (Wildman–Crippen LogP) is 5.76. The number of hydrogen-bond acceptors (Lipinski definition) is 4. The summed E-state index contributed by atoms with van der Waals surface area (Å²) in [7, 11) is -3.41. The van der Waals surface area contributed by atoms with E-state index in [-0.39, 0.29) is 18.7 Å². The van der Waals surface area contributed by atoms with E-state index in [0.717, 1.165) is 25.7 Å². The number of unbranched alkanes of at least 4 members (excludes halogenated alkanes) is 9. The largest absolute Gasteiger partial charge is 0.463 e. The maximum Gasteiger partial charge on any atom is 0.328 e. The Kier molecular flexibility index (Phi) is 13.0. The fourth-order valence-electron chi connectivity index (χ4n) is 3.00. The molecule has 1 fully saturated rings. The summed E-state index contributed by atoms with van der Waals surface area (Å²) in [5, 5.41) is 0. The third-order valence-corrected chi connectivity index (χ3v) is 6.07. The van der Waals surface area contributed by atoms with Crippen LogP contribution in [-0.4, -0.2) is 29.7 Å². The van der Waals surface area contributed by atoms with E-state index in [1.54, 1.807) is 0 Å². The molecule has 0 aromatic carbocycles. The molecular weight excluding hydrogens is 351 g/mol. The predicted molar refractivity (Wildman–Crippen MR) is 105 cm³/mol. The zero-order chi connectivity index (χ0) is 19.1. The fraction of sp³-hybridized carbons (Fsp3) is 0.850. The van der Waals surface area contributed by atoms with Crippen molar-refractivity contribution in [3.05, 3.63) is 12.2 Å². The molecule has 152 valence electrons. The van der Waals surface area contributed by atoms with Gasteiger partial charge in [0.05, 0.1) is 6.16 Å². The van der Waals surface area contributed by atoms with Crippen molar-refractivity contribution in [2.75, 3.05) is 12.8 Å². The molecule has 0 bridgehead atoms. The molecule has 1 heterocycles. The first-order valence-electron chi connectivity index (χ1n) is 10.3. The van der Waals surface area contributed by atoms with Crippen LogP contribution in [0.1, 0.15) is 90.4 Å². The molecule has 1 N–H and O–H groups in total. The highest BCUT2D eigenvalue weighted by Gasteiger charge is 2.33. The smallest absolute Gasteiger partial charge is 0.328 e. The monoisotopic (exact) mass is 388 g/mol. The second-order valence-electron chi connectivity index (χ2n) is 7.19. The van der Waals surface area contributed by atoms with Crippen LogP contribution in [0.3, 0.4) is 0 Å². The van der Waals surface area contributed by atoms with E-state index in [1.165, 1.54) is 44.9 Å². The molecule has 1 aliphatic rings. The van der Waals surface area contributed by atoms with Crippen LogP contribution in [0, 0.1) is 0 Å². The lowest BCUT2D eigenvalue weighted by atomic mass is 10.1. The molecule has 1 aliphatic heterocycles. The zero-order valence-electron chi connectivity index (χ0n) is 16.4. The molecule has 0 aliphatic carbocycles. The minimum atomic E-state index is -3.41. The van der Waals surface area contributed by atoms with E-state index >= 15 is 0 Å². The summed E-state index contributed by atoms with van der Waals surface area (Å²) in [6, 6.07) is 0. The van der Waals surface area contributed by atoms with Crippen LogP contribution < -0.4 is 0 Å². The van der Waals surface area contributed by atoms with Gasteiger partial charge in [-0.15, -0.1) is 0 Å². The molecule has 0 radical (unpaired) electrons. The van der Waals surface area contributed by atoms with Gasteiger partial charge in [-0.05, 0) is 38.5 Å². The van der Waals surface area contributed by atoms with E-state index in [0.29, 0.717) is 12.8 Å². The molecule has 2 unspecified atom stereocenters. The van der Waals surface area contributed by atoms with Crippen LogP contribution >= 0.6 is 7.60 Å². The number of ether oxygens (including phenoxy) is 1. The third kappa shape index (κ3) is 12.7. The minimum Gasteiger partial charge on any atom is -0.463 e. The summed E-state index contributed by atoms with van der Waals surface area (Å²) >= 11 is 0. The van der Waals surface area contributed by atoms with Crippen molar-refractivity contribution in [3.63, 3.8) is 0 Å². The van der Waals surface area contributed by atoms with Crippen LogP contribution in [0.25, 0.3) is 0 Å². The van der Waals surface area contributed by atoms with Crippen molar-refractivity contribution in [1.29, 1.82) is 0 Å². The van der Waals surface area contributed by atoms with Crippen LogP contribution in [0.4, 0.5) is 0 Å². The van der Waals surface area contributed by atoms with E-state index in [2.05, 4.69) is 19.1 Å². The summed E-state index contributed by atoms with van der Waals surface area (Å²) in [6.45, 7) is 2.33. The van der Waals surface area contributed by atoms with Gasteiger partial charge in [-0.1, -0.05) is 57.6 Å². The number of carbonyl (C=O) groups is 1. The number of allylic oxidation sites excluding steroid dienone is 2. The summed E-state index contributed by atoms with van der Waals surface area (Å²) in [5.74, 6) is -0.237. The molecule has 26 heavy (non-hydrogen) atoms. The highest BCUT2D eigenvalue weighted by molar-refractivity contribution is 7.53. The van der Waals surface area contributed by atoms with Crippen molar-refractivity contribution in [1.82, 2.24) is 0 Å². The Labute approximate surface area is 159 Å². The van der Waals surface area contributed by atoms with Crippen molar-refractivity contribution in [2.45, 2.75) is 96.5 Å². The highest BCUT2D eigenvalue weighted by Crippen LogP contribution is 2.50. The molecular formula is C20H37O5P. The number of esters is 1. The van der Waals surface area contributed by atoms with Gasteiger partial charge >= 0.3 is 13.6 Å². The quantitative estimate of drug-likeness (QED) is 0.167. The van der Waals surface area contributed by atoms with Gasteiger partial charge in [0, 0.05) is 6.42 Å². The lowest BCUT2D eigenvalue weighted by Gasteiger charge is -2.10. The van der Waals surface area contributed by atoms with Gasteiger partial charge in [0.1, 0.15) is 12.7 Å². The van der Waals surface area contributed by atoms with E-state index in [9.17, 15) is 14.3 Å². The maximum absolute atomic E-state index is 11.6. The van der Waals surface area contributed by atoms with Crippen LogP contribution in [-0.2, 0) is 18.6 Å². The van der Waals surface area contributed by atoms with Gasteiger partial charge < -0.3 is 14.2 Å². The normalized spacial score (nSPS) is 22.9. The lowest BCUT2D eigenvalue weighted by molar-refractivity contribution is -0.146. The molecule has 2 atom stereocenters. The summed E-state index contributed by atoms with van der Waals surface area (Å²) in [5.41, 5.74) is 0. The van der Waals surface area contributed by atoms with Gasteiger partial charge in [0.25, 0.3) is 0 Å². The Morgan fingerprint density at radius 3 is 2.31 bits per heavy atom. The first-order valence-corrected chi connectivity index (χ1v) is 12.1. The van der Waals surface area contributed by atoms with Gasteiger partial charge in [-0.25, -0.2) is 0 Å². The summed E-state index contributed by atoms with van der Waals surface area (Å²) in [6.07, 6.45) is 18.4. The molecule has 0 aromatic heterocycles. The van der Waals surface area contributed by atoms with Gasteiger partial charge in [-0.3, -0.25) is 9.36 Å². The Hall–Kier alpha value is -0.640. The van der Waals surface area contributed by atoms with Crippen molar-refractivity contribution < 1.29 is 23.5 Å². The topological polar surface area (TPSA) is 72.8 Å². The summed E-state index contributed by atoms with van der Waals surface area (Å²) in [4.78, 5) is 20.9. The Morgan fingerprint density at radius 1 is 1.08 bits per heavy atom. The second kappa shape index (κ2) is 14.4.